The van der Waals surface area contributed by atoms with Crippen molar-refractivity contribution >= 4 is 5.78 Å². The van der Waals surface area contributed by atoms with Gasteiger partial charge in [-0.15, -0.1) is 0 Å². The number of nitrogens with zero attached hydrogens (tertiary/aromatic N) is 1. The summed E-state index contributed by atoms with van der Waals surface area (Å²) in [6.07, 6.45) is 7.85. The minimum atomic E-state index is -0.694. The van der Waals surface area contributed by atoms with Crippen LogP contribution < -0.4 is 0 Å². The first-order valence-corrected chi connectivity index (χ1v) is 7.68. The van der Waals surface area contributed by atoms with Crippen molar-refractivity contribution in [1.29, 1.82) is 0 Å². The van der Waals surface area contributed by atoms with Gasteiger partial charge in [0, 0.05) is 18.1 Å². The summed E-state index contributed by atoms with van der Waals surface area (Å²) >= 11 is 0. The molecule has 1 saturated heterocycles. The fourth-order valence-corrected chi connectivity index (χ4v) is 2.68. The summed E-state index contributed by atoms with van der Waals surface area (Å²) in [4.78, 5) is 14.3. The predicted octanol–water partition coefficient (Wildman–Crippen LogP) is 4.01. The maximum Gasteiger partial charge on any atom is 0.163 e. The molecule has 0 N–H and O–H groups in total. The first-order valence-electron chi connectivity index (χ1n) is 7.68. The van der Waals surface area contributed by atoms with Crippen LogP contribution in [0.2, 0.25) is 0 Å². The Morgan fingerprint density at radius 3 is 2.33 bits per heavy atom. The van der Waals surface area contributed by atoms with Crippen LogP contribution >= 0.6 is 0 Å². The zero-order valence-corrected chi connectivity index (χ0v) is 12.3. The van der Waals surface area contributed by atoms with Crippen molar-refractivity contribution in [2.75, 3.05) is 19.6 Å². The molecule has 0 aliphatic carbocycles. The van der Waals surface area contributed by atoms with Crippen molar-refractivity contribution in [3.8, 4) is 0 Å². The van der Waals surface area contributed by atoms with E-state index in [4.69, 9.17) is 0 Å². The number of hydrogen-bond donors (Lipinski definition) is 0. The molecule has 1 aliphatic heterocycles. The Labute approximate surface area is 125 Å². The number of Topliss-reactive ketones (excluding diaryl/α,β-unsaturated/α-hetero) is 1. The highest BCUT2D eigenvalue weighted by Crippen LogP contribution is 2.13. The lowest BCUT2D eigenvalue weighted by molar-refractivity contribution is 0.0977. The summed E-state index contributed by atoms with van der Waals surface area (Å²) in [6.45, 7) is 3.36. The van der Waals surface area contributed by atoms with Crippen LogP contribution in [0, 0.1) is 18.1 Å². The van der Waals surface area contributed by atoms with E-state index in [0.29, 0.717) is 6.42 Å². The number of unbranched alkanes of at least 4 members (excludes halogenated alkanes) is 2. The van der Waals surface area contributed by atoms with E-state index < -0.39 is 11.6 Å². The van der Waals surface area contributed by atoms with Crippen LogP contribution in [0.25, 0.3) is 0 Å². The first-order chi connectivity index (χ1) is 10.1. The molecule has 0 bridgehead atoms. The van der Waals surface area contributed by atoms with Crippen LogP contribution in [0.5, 0.6) is 0 Å². The van der Waals surface area contributed by atoms with Gasteiger partial charge in [-0.05, 0) is 63.9 Å². The Bertz CT molecular complexity index is 450. The van der Waals surface area contributed by atoms with E-state index in [1.165, 1.54) is 12.8 Å². The van der Waals surface area contributed by atoms with Crippen LogP contribution in [-0.4, -0.2) is 30.3 Å². The first kappa shape index (κ1) is 16.1. The fraction of sp³-hybridized carbons (Fsp3) is 0.529. The Balaban J connectivity index is 1.64. The Kier molecular flexibility index (Phi) is 6.30. The van der Waals surface area contributed by atoms with E-state index >= 15 is 0 Å². The van der Waals surface area contributed by atoms with E-state index in [0.717, 1.165) is 57.1 Å². The standard InChI is InChI=1S/C17H22F2NO/c18-15-11-14(12-16(19)13-15)17(21)7-3-1-4-8-20-9-5-2-6-10-20/h2,11-13H,1,3-10H2. The summed E-state index contributed by atoms with van der Waals surface area (Å²) in [6, 6.07) is 3.00. The summed E-state index contributed by atoms with van der Waals surface area (Å²) in [5.74, 6) is -1.57. The van der Waals surface area contributed by atoms with E-state index in [9.17, 15) is 13.6 Å². The largest absolute Gasteiger partial charge is 0.303 e. The van der Waals surface area contributed by atoms with Crippen LogP contribution in [0.1, 0.15) is 48.9 Å². The van der Waals surface area contributed by atoms with Gasteiger partial charge in [-0.2, -0.15) is 0 Å². The molecule has 1 aromatic carbocycles. The lowest BCUT2D eigenvalue weighted by Gasteiger charge is -2.26. The minimum absolute atomic E-state index is 0.138. The predicted molar refractivity (Wildman–Crippen MR) is 79.1 cm³/mol. The number of rotatable bonds is 7. The van der Waals surface area contributed by atoms with Crippen LogP contribution in [0.4, 0.5) is 8.78 Å². The molecular weight excluding hydrogens is 272 g/mol. The maximum absolute atomic E-state index is 13.0. The average molecular weight is 294 g/mol. The molecule has 2 rings (SSSR count). The molecule has 0 amide bonds. The SMILES string of the molecule is O=C(CCCCCN1CC[CH]CC1)c1cc(F)cc(F)c1. The molecule has 0 unspecified atom stereocenters. The average Bonchev–Trinajstić information content (AvgIpc) is 2.47. The van der Waals surface area contributed by atoms with Crippen molar-refractivity contribution < 1.29 is 13.6 Å². The van der Waals surface area contributed by atoms with Crippen molar-refractivity contribution in [2.24, 2.45) is 0 Å². The van der Waals surface area contributed by atoms with Gasteiger partial charge in [-0.1, -0.05) is 6.42 Å². The molecule has 115 valence electrons. The number of carbonyl (C=O) groups excluding carboxylic acids is 1. The van der Waals surface area contributed by atoms with Gasteiger partial charge in [0.2, 0.25) is 0 Å². The molecular formula is C17H22F2NO. The molecule has 1 heterocycles. The van der Waals surface area contributed by atoms with E-state index in [-0.39, 0.29) is 11.3 Å². The number of ketones is 1. The van der Waals surface area contributed by atoms with Gasteiger partial charge in [0.15, 0.2) is 5.78 Å². The minimum Gasteiger partial charge on any atom is -0.303 e. The van der Waals surface area contributed by atoms with E-state index in [1.807, 2.05) is 0 Å². The molecule has 0 atom stereocenters. The van der Waals surface area contributed by atoms with Crippen molar-refractivity contribution in [3.05, 3.63) is 41.8 Å². The second-order valence-corrected chi connectivity index (χ2v) is 5.60. The Hall–Kier alpha value is -1.29. The third kappa shape index (κ3) is 5.54. The molecule has 0 spiro atoms. The van der Waals surface area contributed by atoms with Crippen LogP contribution in [-0.2, 0) is 0 Å². The maximum atomic E-state index is 13.0. The third-order valence-corrected chi connectivity index (χ3v) is 3.86. The van der Waals surface area contributed by atoms with Gasteiger partial charge < -0.3 is 4.90 Å². The lowest BCUT2D eigenvalue weighted by Crippen LogP contribution is -2.30. The zero-order valence-electron chi connectivity index (χ0n) is 12.3. The quantitative estimate of drug-likeness (QED) is 0.559. The molecule has 21 heavy (non-hydrogen) atoms. The van der Waals surface area contributed by atoms with Gasteiger partial charge in [0.05, 0.1) is 0 Å². The number of halogens is 2. The van der Waals surface area contributed by atoms with Crippen molar-refractivity contribution in [1.82, 2.24) is 4.90 Å². The summed E-state index contributed by atoms with van der Waals surface area (Å²) in [5.41, 5.74) is 0.138. The topological polar surface area (TPSA) is 20.3 Å². The number of benzene rings is 1. The number of piperidine rings is 1. The molecule has 0 saturated carbocycles. The second kappa shape index (κ2) is 8.23. The summed E-state index contributed by atoms with van der Waals surface area (Å²) < 4.78 is 26.1. The third-order valence-electron chi connectivity index (χ3n) is 3.86. The molecule has 1 fully saturated rings. The van der Waals surface area contributed by atoms with E-state index in [2.05, 4.69) is 11.3 Å². The molecule has 4 heteroatoms. The number of hydrogen-bond acceptors (Lipinski definition) is 2. The second-order valence-electron chi connectivity index (χ2n) is 5.60. The smallest absolute Gasteiger partial charge is 0.163 e. The van der Waals surface area contributed by atoms with E-state index in [1.54, 1.807) is 0 Å². The molecule has 2 nitrogen and oxygen atoms in total. The Morgan fingerprint density at radius 1 is 1.00 bits per heavy atom. The van der Waals surface area contributed by atoms with Crippen molar-refractivity contribution in [3.63, 3.8) is 0 Å². The molecule has 1 radical (unpaired) electrons. The monoisotopic (exact) mass is 294 g/mol. The van der Waals surface area contributed by atoms with Crippen LogP contribution in [0.15, 0.2) is 18.2 Å². The molecule has 1 aliphatic rings. The highest BCUT2D eigenvalue weighted by Gasteiger charge is 2.11. The van der Waals surface area contributed by atoms with Gasteiger partial charge in [-0.25, -0.2) is 8.78 Å². The van der Waals surface area contributed by atoms with Gasteiger partial charge in [0.1, 0.15) is 11.6 Å². The Morgan fingerprint density at radius 2 is 1.67 bits per heavy atom. The van der Waals surface area contributed by atoms with Gasteiger partial charge in [0.25, 0.3) is 0 Å². The fourth-order valence-electron chi connectivity index (χ4n) is 2.68. The lowest BCUT2D eigenvalue weighted by atomic mass is 10.0. The summed E-state index contributed by atoms with van der Waals surface area (Å²) in [7, 11) is 0. The number of carbonyl (C=O) groups is 1. The molecule has 1 aromatic rings. The summed E-state index contributed by atoms with van der Waals surface area (Å²) in [5, 5.41) is 0. The van der Waals surface area contributed by atoms with Gasteiger partial charge >= 0.3 is 0 Å². The molecule has 0 aromatic heterocycles. The van der Waals surface area contributed by atoms with Gasteiger partial charge in [-0.3, -0.25) is 4.79 Å². The number of likely N-dealkylation sites (tertiary alicyclic amines) is 1. The van der Waals surface area contributed by atoms with Crippen LogP contribution in [0.3, 0.4) is 0 Å². The highest BCUT2D eigenvalue weighted by atomic mass is 19.1. The normalized spacial score (nSPS) is 16.1. The van der Waals surface area contributed by atoms with Crippen molar-refractivity contribution in [2.45, 2.75) is 38.5 Å². The highest BCUT2D eigenvalue weighted by molar-refractivity contribution is 5.96. The zero-order chi connectivity index (χ0) is 15.1.